The summed E-state index contributed by atoms with van der Waals surface area (Å²) in [4.78, 5) is 21.1. The zero-order chi connectivity index (χ0) is 20.2. The molecule has 1 aliphatic rings. The molecule has 1 unspecified atom stereocenters. The molecule has 1 aliphatic heterocycles. The highest BCUT2D eigenvalue weighted by atomic mass is 35.5. The van der Waals surface area contributed by atoms with E-state index in [2.05, 4.69) is 46.3 Å². The van der Waals surface area contributed by atoms with Gasteiger partial charge in [0, 0.05) is 37.4 Å². The maximum atomic E-state index is 12.8. The molecule has 1 amide bonds. The van der Waals surface area contributed by atoms with Crippen molar-refractivity contribution in [1.82, 2.24) is 14.8 Å². The minimum absolute atomic E-state index is 0.0643. The third-order valence-electron chi connectivity index (χ3n) is 5.26. The summed E-state index contributed by atoms with van der Waals surface area (Å²) < 4.78 is 0. The maximum Gasteiger partial charge on any atom is 0.257 e. The van der Waals surface area contributed by atoms with Gasteiger partial charge in [0.25, 0.3) is 5.91 Å². The molecule has 4 rings (SSSR count). The van der Waals surface area contributed by atoms with Crippen LogP contribution in [0.15, 0.2) is 72.9 Å². The fourth-order valence-electron chi connectivity index (χ4n) is 3.79. The van der Waals surface area contributed by atoms with Gasteiger partial charge in [-0.05, 0) is 35.4 Å². The number of aromatic nitrogens is 1. The molecule has 0 N–H and O–H groups in total. The van der Waals surface area contributed by atoms with Gasteiger partial charge < -0.3 is 4.90 Å². The Balaban J connectivity index is 1.53. The molecule has 29 heavy (non-hydrogen) atoms. The van der Waals surface area contributed by atoms with E-state index in [1.807, 2.05) is 23.1 Å². The molecule has 4 nitrogen and oxygen atoms in total. The van der Waals surface area contributed by atoms with Crippen molar-refractivity contribution in [3.8, 4) is 0 Å². The minimum atomic E-state index is -0.0643. The third kappa shape index (κ3) is 4.45. The second-order valence-electron chi connectivity index (χ2n) is 7.03. The summed E-state index contributed by atoms with van der Waals surface area (Å²) in [6.07, 6.45) is 1.59. The molecule has 6 heteroatoms. The van der Waals surface area contributed by atoms with Crippen LogP contribution in [0.2, 0.25) is 10.2 Å². The standard InChI is InChI=1S/C23H21Cl2N3O/c24-19-10-8-18(9-11-19)21(17-5-2-1-3-6-17)27-13-15-28(16-14-27)23(29)20-7-4-12-26-22(20)25/h1-12,21H,13-16H2. The fourth-order valence-corrected chi connectivity index (χ4v) is 4.12. The van der Waals surface area contributed by atoms with Crippen LogP contribution in [-0.4, -0.2) is 46.9 Å². The van der Waals surface area contributed by atoms with Crippen LogP contribution in [0.25, 0.3) is 0 Å². The van der Waals surface area contributed by atoms with Gasteiger partial charge in [-0.25, -0.2) is 4.98 Å². The summed E-state index contributed by atoms with van der Waals surface area (Å²) >= 11 is 12.2. The van der Waals surface area contributed by atoms with Gasteiger partial charge >= 0.3 is 0 Å². The normalized spacial score (nSPS) is 15.9. The third-order valence-corrected chi connectivity index (χ3v) is 5.81. The number of hydrogen-bond acceptors (Lipinski definition) is 3. The second-order valence-corrected chi connectivity index (χ2v) is 7.83. The highest BCUT2D eigenvalue weighted by Gasteiger charge is 2.29. The number of halogens is 2. The Morgan fingerprint density at radius 3 is 2.14 bits per heavy atom. The van der Waals surface area contributed by atoms with Crippen LogP contribution in [0, 0.1) is 0 Å². The lowest BCUT2D eigenvalue weighted by Crippen LogP contribution is -2.50. The fraction of sp³-hybridized carbons (Fsp3) is 0.217. The van der Waals surface area contributed by atoms with Gasteiger partial charge in [-0.2, -0.15) is 0 Å². The zero-order valence-electron chi connectivity index (χ0n) is 15.8. The first kappa shape index (κ1) is 19.9. The number of piperazine rings is 1. The molecule has 1 fully saturated rings. The number of hydrogen-bond donors (Lipinski definition) is 0. The highest BCUT2D eigenvalue weighted by molar-refractivity contribution is 6.32. The first-order valence-electron chi connectivity index (χ1n) is 9.58. The number of pyridine rings is 1. The number of benzene rings is 2. The summed E-state index contributed by atoms with van der Waals surface area (Å²) in [7, 11) is 0. The van der Waals surface area contributed by atoms with E-state index in [9.17, 15) is 4.79 Å². The summed E-state index contributed by atoms with van der Waals surface area (Å²) in [6.45, 7) is 2.82. The maximum absolute atomic E-state index is 12.8. The molecule has 1 atom stereocenters. The molecular weight excluding hydrogens is 405 g/mol. The van der Waals surface area contributed by atoms with Crippen molar-refractivity contribution in [3.63, 3.8) is 0 Å². The van der Waals surface area contributed by atoms with E-state index >= 15 is 0 Å². The number of carbonyl (C=O) groups excluding carboxylic acids is 1. The van der Waals surface area contributed by atoms with Gasteiger partial charge in [0.1, 0.15) is 5.15 Å². The molecular formula is C23H21Cl2N3O. The van der Waals surface area contributed by atoms with Crippen molar-refractivity contribution < 1.29 is 4.79 Å². The van der Waals surface area contributed by atoms with E-state index in [4.69, 9.17) is 23.2 Å². The quantitative estimate of drug-likeness (QED) is 0.555. The van der Waals surface area contributed by atoms with E-state index in [-0.39, 0.29) is 17.1 Å². The van der Waals surface area contributed by atoms with Gasteiger partial charge in [0.05, 0.1) is 11.6 Å². The molecule has 0 bridgehead atoms. The van der Waals surface area contributed by atoms with E-state index in [1.165, 1.54) is 11.1 Å². The Bertz CT molecular complexity index is 971. The van der Waals surface area contributed by atoms with Crippen LogP contribution >= 0.6 is 23.2 Å². The average molecular weight is 426 g/mol. The molecule has 0 aliphatic carbocycles. The van der Waals surface area contributed by atoms with Crippen molar-refractivity contribution >= 4 is 29.1 Å². The molecule has 0 saturated carbocycles. The summed E-state index contributed by atoms with van der Waals surface area (Å²) in [5, 5.41) is 0.979. The highest BCUT2D eigenvalue weighted by Crippen LogP contribution is 2.30. The van der Waals surface area contributed by atoms with Crippen LogP contribution in [0.5, 0.6) is 0 Å². The summed E-state index contributed by atoms with van der Waals surface area (Å²) in [6, 6.07) is 22.0. The Labute approximate surface area is 180 Å². The molecule has 148 valence electrons. The number of carbonyl (C=O) groups is 1. The van der Waals surface area contributed by atoms with Gasteiger partial charge in [-0.15, -0.1) is 0 Å². The Hall–Kier alpha value is -2.40. The Morgan fingerprint density at radius 1 is 0.828 bits per heavy atom. The molecule has 0 radical (unpaired) electrons. The first-order valence-corrected chi connectivity index (χ1v) is 10.3. The monoisotopic (exact) mass is 425 g/mol. The van der Waals surface area contributed by atoms with Crippen LogP contribution in [-0.2, 0) is 0 Å². The largest absolute Gasteiger partial charge is 0.336 e. The van der Waals surface area contributed by atoms with Gasteiger partial charge in [-0.3, -0.25) is 9.69 Å². The van der Waals surface area contributed by atoms with Crippen LogP contribution < -0.4 is 0 Å². The lowest BCUT2D eigenvalue weighted by atomic mass is 9.96. The van der Waals surface area contributed by atoms with E-state index in [0.29, 0.717) is 18.7 Å². The number of amides is 1. The predicted molar refractivity (Wildman–Crippen MR) is 116 cm³/mol. The first-order chi connectivity index (χ1) is 14.1. The van der Waals surface area contributed by atoms with E-state index in [0.717, 1.165) is 18.1 Å². The van der Waals surface area contributed by atoms with Gasteiger partial charge in [0.15, 0.2) is 0 Å². The molecule has 3 aromatic rings. The van der Waals surface area contributed by atoms with Crippen molar-refractivity contribution in [2.24, 2.45) is 0 Å². The van der Waals surface area contributed by atoms with Gasteiger partial charge in [0.2, 0.25) is 0 Å². The SMILES string of the molecule is O=C(c1cccnc1Cl)N1CCN(C(c2ccccc2)c2ccc(Cl)cc2)CC1. The minimum Gasteiger partial charge on any atom is -0.336 e. The average Bonchev–Trinajstić information content (AvgIpc) is 2.76. The van der Waals surface area contributed by atoms with Crippen molar-refractivity contribution in [1.29, 1.82) is 0 Å². The Kier molecular flexibility index (Phi) is 6.14. The van der Waals surface area contributed by atoms with Crippen molar-refractivity contribution in [2.75, 3.05) is 26.2 Å². The number of nitrogens with zero attached hydrogens (tertiary/aromatic N) is 3. The smallest absolute Gasteiger partial charge is 0.257 e. The summed E-state index contributed by atoms with van der Waals surface area (Å²) in [5.41, 5.74) is 2.88. The lowest BCUT2D eigenvalue weighted by Gasteiger charge is -2.39. The van der Waals surface area contributed by atoms with E-state index in [1.54, 1.807) is 18.3 Å². The van der Waals surface area contributed by atoms with E-state index < -0.39 is 0 Å². The Morgan fingerprint density at radius 2 is 1.48 bits per heavy atom. The van der Waals surface area contributed by atoms with Crippen LogP contribution in [0.3, 0.4) is 0 Å². The van der Waals surface area contributed by atoms with Crippen molar-refractivity contribution in [3.05, 3.63) is 99.8 Å². The molecule has 0 spiro atoms. The molecule has 2 heterocycles. The lowest BCUT2D eigenvalue weighted by molar-refractivity contribution is 0.0597. The van der Waals surface area contributed by atoms with Crippen molar-refractivity contribution in [2.45, 2.75) is 6.04 Å². The zero-order valence-corrected chi connectivity index (χ0v) is 17.4. The topological polar surface area (TPSA) is 36.4 Å². The summed E-state index contributed by atoms with van der Waals surface area (Å²) in [5.74, 6) is -0.0643. The predicted octanol–water partition coefficient (Wildman–Crippen LogP) is 4.94. The number of rotatable bonds is 4. The van der Waals surface area contributed by atoms with Crippen LogP contribution in [0.1, 0.15) is 27.5 Å². The molecule has 1 saturated heterocycles. The van der Waals surface area contributed by atoms with Gasteiger partial charge in [-0.1, -0.05) is 65.7 Å². The van der Waals surface area contributed by atoms with Crippen LogP contribution in [0.4, 0.5) is 0 Å². The molecule has 1 aromatic heterocycles. The second kappa shape index (κ2) is 8.95. The molecule has 2 aromatic carbocycles.